The molecule has 2 aromatic carbocycles. The summed E-state index contributed by atoms with van der Waals surface area (Å²) in [6, 6.07) is 15.4. The van der Waals surface area contributed by atoms with Gasteiger partial charge in [0.25, 0.3) is 0 Å². The van der Waals surface area contributed by atoms with Crippen molar-refractivity contribution in [2.24, 2.45) is 0 Å². The highest BCUT2D eigenvalue weighted by molar-refractivity contribution is 7.89. The second kappa shape index (κ2) is 8.10. The van der Waals surface area contributed by atoms with Gasteiger partial charge in [-0.25, -0.2) is 17.5 Å². The Balaban J connectivity index is 1.56. The van der Waals surface area contributed by atoms with Crippen LogP contribution >= 0.6 is 0 Å². The fraction of sp³-hybridized carbons (Fsp3) is 0.273. The van der Waals surface area contributed by atoms with E-state index in [-0.39, 0.29) is 17.5 Å². The predicted octanol–water partition coefficient (Wildman–Crippen LogP) is 3.81. The molecule has 152 valence electrons. The molecule has 0 amide bonds. The number of hydrogen-bond donors (Lipinski definition) is 1. The molecule has 29 heavy (non-hydrogen) atoms. The molecule has 0 saturated carbocycles. The monoisotopic (exact) mass is 414 g/mol. The van der Waals surface area contributed by atoms with Crippen LogP contribution < -0.4 is 4.72 Å². The molecule has 1 aromatic heterocycles. The third-order valence-electron chi connectivity index (χ3n) is 5.37. The molecule has 1 N–H and O–H groups in total. The fourth-order valence-electron chi connectivity index (χ4n) is 3.85. The Labute approximate surface area is 170 Å². The molecule has 1 aliphatic rings. The highest BCUT2D eigenvalue weighted by atomic mass is 32.2. The van der Waals surface area contributed by atoms with Gasteiger partial charge in [-0.15, -0.1) is 0 Å². The Bertz CT molecular complexity index is 1100. The number of rotatable bonds is 6. The van der Waals surface area contributed by atoms with Gasteiger partial charge in [-0.05, 0) is 60.4 Å². The average Bonchev–Trinajstić information content (AvgIpc) is 3.22. The molecule has 1 aliphatic heterocycles. The van der Waals surface area contributed by atoms with Gasteiger partial charge in [0.2, 0.25) is 10.0 Å². The predicted molar refractivity (Wildman–Crippen MR) is 108 cm³/mol. The highest BCUT2D eigenvalue weighted by Crippen LogP contribution is 2.28. The molecule has 1 atom stereocenters. The van der Waals surface area contributed by atoms with Gasteiger partial charge in [0, 0.05) is 19.6 Å². The SMILES string of the molecule is Cc1cc(F)ccc1S(=O)(=O)NCC(c1ccco1)N1CCc2ccccc2C1. The first kappa shape index (κ1) is 19.8. The van der Waals surface area contributed by atoms with E-state index in [1.54, 1.807) is 19.3 Å². The van der Waals surface area contributed by atoms with Gasteiger partial charge in [-0.3, -0.25) is 4.90 Å². The van der Waals surface area contributed by atoms with Crippen molar-refractivity contribution in [3.63, 3.8) is 0 Å². The molecule has 0 aliphatic carbocycles. The summed E-state index contributed by atoms with van der Waals surface area (Å²) >= 11 is 0. The zero-order valence-corrected chi connectivity index (χ0v) is 17.0. The Kier molecular flexibility index (Phi) is 5.54. The average molecular weight is 415 g/mol. The summed E-state index contributed by atoms with van der Waals surface area (Å²) in [4.78, 5) is 2.31. The number of hydrogen-bond acceptors (Lipinski definition) is 4. The van der Waals surface area contributed by atoms with E-state index in [1.165, 1.54) is 23.3 Å². The molecular formula is C22H23FN2O3S. The summed E-state index contributed by atoms with van der Waals surface area (Å²) in [6.45, 7) is 3.27. The quantitative estimate of drug-likeness (QED) is 0.666. The molecule has 1 unspecified atom stereocenters. The van der Waals surface area contributed by atoms with Crippen LogP contribution in [0.5, 0.6) is 0 Å². The van der Waals surface area contributed by atoms with Crippen LogP contribution in [0.1, 0.15) is 28.5 Å². The van der Waals surface area contributed by atoms with E-state index in [0.29, 0.717) is 11.3 Å². The first-order chi connectivity index (χ1) is 13.9. The van der Waals surface area contributed by atoms with Crippen LogP contribution in [-0.2, 0) is 23.0 Å². The first-order valence-corrected chi connectivity index (χ1v) is 11.0. The minimum absolute atomic E-state index is 0.0843. The lowest BCUT2D eigenvalue weighted by Crippen LogP contribution is -2.40. The molecule has 0 radical (unpaired) electrons. The van der Waals surface area contributed by atoms with E-state index >= 15 is 0 Å². The lowest BCUT2D eigenvalue weighted by Gasteiger charge is -2.34. The standard InChI is InChI=1S/C22H23FN2O3S/c1-16-13-19(23)8-9-22(16)29(26,27)24-14-20(21-7-4-12-28-21)25-11-10-17-5-2-3-6-18(17)15-25/h2-9,12-13,20,24H,10-11,14-15H2,1H3. The van der Waals surface area contributed by atoms with Crippen LogP contribution in [0, 0.1) is 12.7 Å². The van der Waals surface area contributed by atoms with Crippen molar-refractivity contribution < 1.29 is 17.2 Å². The maximum Gasteiger partial charge on any atom is 0.240 e. The molecule has 5 nitrogen and oxygen atoms in total. The first-order valence-electron chi connectivity index (χ1n) is 9.54. The molecule has 3 aromatic rings. The smallest absolute Gasteiger partial charge is 0.240 e. The Hall–Kier alpha value is -2.48. The lowest BCUT2D eigenvalue weighted by molar-refractivity contribution is 0.160. The van der Waals surface area contributed by atoms with Crippen LogP contribution in [0.3, 0.4) is 0 Å². The molecule has 0 saturated heterocycles. The van der Waals surface area contributed by atoms with Crippen molar-refractivity contribution in [3.05, 3.63) is 89.1 Å². The molecule has 0 fully saturated rings. The molecule has 7 heteroatoms. The largest absolute Gasteiger partial charge is 0.468 e. The third kappa shape index (κ3) is 4.27. The number of nitrogens with zero attached hydrogens (tertiary/aromatic N) is 1. The molecule has 0 spiro atoms. The second-order valence-electron chi connectivity index (χ2n) is 7.28. The zero-order valence-electron chi connectivity index (χ0n) is 16.1. The van der Waals surface area contributed by atoms with Crippen molar-refractivity contribution in [1.82, 2.24) is 9.62 Å². The molecule has 4 rings (SSSR count). The maximum absolute atomic E-state index is 13.4. The van der Waals surface area contributed by atoms with Crippen LogP contribution in [0.25, 0.3) is 0 Å². The molecule has 2 heterocycles. The summed E-state index contributed by atoms with van der Waals surface area (Å²) in [5.74, 6) is 0.254. The van der Waals surface area contributed by atoms with Crippen LogP contribution in [0.2, 0.25) is 0 Å². The number of aryl methyl sites for hydroxylation is 1. The van der Waals surface area contributed by atoms with E-state index in [0.717, 1.165) is 25.6 Å². The summed E-state index contributed by atoms with van der Waals surface area (Å²) in [6.07, 6.45) is 2.50. The number of nitrogens with one attached hydrogen (secondary N) is 1. The van der Waals surface area contributed by atoms with Gasteiger partial charge < -0.3 is 4.42 Å². The van der Waals surface area contributed by atoms with E-state index < -0.39 is 15.8 Å². The second-order valence-corrected chi connectivity index (χ2v) is 9.02. The minimum atomic E-state index is -3.78. The molecular weight excluding hydrogens is 391 g/mol. The van der Waals surface area contributed by atoms with Crippen molar-refractivity contribution >= 4 is 10.0 Å². The van der Waals surface area contributed by atoms with E-state index in [4.69, 9.17) is 4.42 Å². The number of fused-ring (bicyclic) bond motifs is 1. The van der Waals surface area contributed by atoms with Crippen molar-refractivity contribution in [2.75, 3.05) is 13.1 Å². The number of furan rings is 1. The van der Waals surface area contributed by atoms with Crippen LogP contribution in [0.15, 0.2) is 70.2 Å². The van der Waals surface area contributed by atoms with Crippen LogP contribution in [-0.4, -0.2) is 26.4 Å². The fourth-order valence-corrected chi connectivity index (χ4v) is 5.12. The third-order valence-corrected chi connectivity index (χ3v) is 6.95. The normalized spacial score (nSPS) is 15.8. The Morgan fingerprint density at radius 1 is 1.14 bits per heavy atom. The van der Waals surface area contributed by atoms with Gasteiger partial charge in [0.1, 0.15) is 11.6 Å². The Morgan fingerprint density at radius 3 is 2.66 bits per heavy atom. The summed E-state index contributed by atoms with van der Waals surface area (Å²) in [5, 5.41) is 0. The van der Waals surface area contributed by atoms with Crippen LogP contribution in [0.4, 0.5) is 4.39 Å². The van der Waals surface area contributed by atoms with Gasteiger partial charge in [-0.2, -0.15) is 0 Å². The van der Waals surface area contributed by atoms with Crippen molar-refractivity contribution in [2.45, 2.75) is 30.8 Å². The van der Waals surface area contributed by atoms with E-state index in [9.17, 15) is 12.8 Å². The summed E-state index contributed by atoms with van der Waals surface area (Å²) in [5.41, 5.74) is 2.94. The highest BCUT2D eigenvalue weighted by Gasteiger charge is 2.28. The van der Waals surface area contributed by atoms with Gasteiger partial charge in [-0.1, -0.05) is 24.3 Å². The minimum Gasteiger partial charge on any atom is -0.468 e. The van der Waals surface area contributed by atoms with E-state index in [2.05, 4.69) is 21.8 Å². The van der Waals surface area contributed by atoms with E-state index in [1.807, 2.05) is 18.2 Å². The topological polar surface area (TPSA) is 62.6 Å². The van der Waals surface area contributed by atoms with Gasteiger partial charge >= 0.3 is 0 Å². The zero-order chi connectivity index (χ0) is 20.4. The molecule has 0 bridgehead atoms. The number of benzene rings is 2. The summed E-state index contributed by atoms with van der Waals surface area (Å²) in [7, 11) is -3.78. The summed E-state index contributed by atoms with van der Waals surface area (Å²) < 4.78 is 47.4. The number of halogens is 1. The van der Waals surface area contributed by atoms with Gasteiger partial charge in [0.15, 0.2) is 0 Å². The van der Waals surface area contributed by atoms with Gasteiger partial charge in [0.05, 0.1) is 17.2 Å². The lowest BCUT2D eigenvalue weighted by atomic mass is 9.98. The van der Waals surface area contributed by atoms with Crippen molar-refractivity contribution in [3.8, 4) is 0 Å². The Morgan fingerprint density at radius 2 is 1.93 bits per heavy atom. The number of sulfonamides is 1. The maximum atomic E-state index is 13.4. The van der Waals surface area contributed by atoms with Crippen molar-refractivity contribution in [1.29, 1.82) is 0 Å².